The third kappa shape index (κ3) is 66.8. The first kappa shape index (κ1) is 225. The first-order valence-corrected chi connectivity index (χ1v) is 21.9. The van der Waals surface area contributed by atoms with Gasteiger partial charge in [-0.15, -0.1) is 0 Å². The summed E-state index contributed by atoms with van der Waals surface area (Å²) in [4.78, 5) is 3.22. The van der Waals surface area contributed by atoms with Gasteiger partial charge in [-0.2, -0.15) is 0 Å². The first-order chi connectivity index (χ1) is 18.0. The van der Waals surface area contributed by atoms with Gasteiger partial charge in [0.1, 0.15) is 0 Å². The molecule has 4 fully saturated rings. The summed E-state index contributed by atoms with van der Waals surface area (Å²) in [6.07, 6.45) is 1.58. The van der Waals surface area contributed by atoms with E-state index in [4.69, 9.17) is 0 Å². The molecule has 6 unspecified atom stereocenters. The Balaban J connectivity index is -0.00000000933. The summed E-state index contributed by atoms with van der Waals surface area (Å²) in [6.45, 7) is 28.1. The smallest absolute Gasteiger partial charge is 0 e. The predicted octanol–water partition coefficient (Wildman–Crippen LogP) is 7.01. The van der Waals surface area contributed by atoms with Gasteiger partial charge < -0.3 is 30.0 Å². The number of rotatable bonds is 0. The monoisotopic (exact) mass is 7350 g/mol. The molecule has 4 rings (SSSR count). The average molecular weight is 7340 g/mol. The summed E-state index contributed by atoms with van der Waals surface area (Å²) in [6, 6.07) is 0. The molecule has 0 aromatic carbocycles. The van der Waals surface area contributed by atoms with Crippen LogP contribution in [-0.2, 0) is 789 Å². The first-order valence-electron chi connectivity index (χ1n) is 14.5. The normalized spacial score (nSPS) is 21.4. The van der Waals surface area contributed by atoms with Crippen LogP contribution in [0.1, 0.15) is 95.9 Å². The van der Waals surface area contributed by atoms with Crippen LogP contribution in [0.4, 0.5) is 0 Å². The molecule has 4 aliphatic carbocycles. The summed E-state index contributed by atoms with van der Waals surface area (Å²) in [5.41, 5.74) is 0.784. The summed E-state index contributed by atoms with van der Waals surface area (Å²) < 4.78 is 6.46. The minimum atomic E-state index is -0.154. The third-order valence-corrected chi connectivity index (χ3v) is 23.2. The van der Waals surface area contributed by atoms with Gasteiger partial charge in [0.25, 0.3) is 0 Å². The van der Waals surface area contributed by atoms with E-state index in [9.17, 15) is 10.2 Å². The van der Waals surface area contributed by atoms with E-state index in [0.29, 0.717) is 35.5 Å². The molecule has 0 aromatic heterocycles. The van der Waals surface area contributed by atoms with Crippen molar-refractivity contribution >= 4 is 38.2 Å². The largest absolute Gasteiger partial charge is 0.358 e. The molecule has 4 aliphatic rings. The third-order valence-electron chi connectivity index (χ3n) is 11.9. The number of hydrogen-bond donors (Lipinski definition) is 2. The van der Waals surface area contributed by atoms with E-state index in [0.717, 1.165) is 12.8 Å². The number of hydrogen-bond acceptors (Lipinski definition) is 2. The minimum Gasteiger partial charge on any atom is -0.358 e. The molecule has 2 N–H and O–H groups in total. The molecule has 0 saturated heterocycles. The molecule has 0 heterocycles. The van der Waals surface area contributed by atoms with Gasteiger partial charge in [-0.3, -0.25) is 4.93 Å². The number of aliphatic hydroxyl groups is 2. The van der Waals surface area contributed by atoms with Gasteiger partial charge in [-0.25, -0.2) is 0 Å². The maximum absolute atomic E-state index is 10.8. The van der Waals surface area contributed by atoms with Crippen LogP contribution in [0.25, 0.3) is 0 Å². The molecule has 440 valence electrons. The Hall–Kier alpha value is 26.1. The van der Waals surface area contributed by atoms with Gasteiger partial charge in [0, 0.05) is 711 Å². The predicted molar refractivity (Wildman–Crippen MR) is 172 cm³/mol. The molecule has 2 nitrogen and oxygen atoms in total. The molecule has 75 heavy (non-hydrogen) atoms. The number of aliphatic hydroxyl groups excluding tert-OH is 2. The van der Waals surface area contributed by atoms with Crippen LogP contribution in [-0.4, -0.2) is 38.0 Å². The van der Waals surface area contributed by atoms with E-state index >= 15 is 0 Å². The van der Waals surface area contributed by atoms with E-state index < -0.39 is 0 Å². The Morgan fingerprint density at radius 2 is 0.520 bits per heavy atom. The zero-order valence-electron chi connectivity index (χ0n) is 41.6. The number of halogens is 1. The van der Waals surface area contributed by atoms with Gasteiger partial charge >= 0.3 is 280 Å². The quantitative estimate of drug-likeness (QED) is 0.203. The molecular weight excluding hydrogens is 7290 g/mol. The second-order valence-corrected chi connectivity index (χ2v) is 21.4. The minimum absolute atomic E-state index is 0. The maximum Gasteiger partial charge on any atom is 0 e. The molecule has 0 amide bonds. The fourth-order valence-corrected chi connectivity index (χ4v) is 14.7. The topological polar surface area (TPSA) is 40.5 Å². The molecule has 4 saturated carbocycles. The maximum atomic E-state index is 10.8. The van der Waals surface area contributed by atoms with E-state index in [1.807, 2.05) is 22.6 Å². The second kappa shape index (κ2) is 111. The van der Waals surface area contributed by atoms with Crippen LogP contribution < -0.4 is 0 Å². The molecule has 0 aliphatic heterocycles. The van der Waals surface area contributed by atoms with Crippen molar-refractivity contribution in [3.63, 3.8) is 0 Å². The van der Waals surface area contributed by atoms with Crippen molar-refractivity contribution in [2.75, 3.05) is 0 Å². The van der Waals surface area contributed by atoms with Gasteiger partial charge in [0.2, 0.25) is 0 Å². The molecule has 0 spiro atoms. The molecule has 0 bridgehead atoms. The SMILES string of the molecule is C[C-]1[C](=[W])[C](=[W])C2C(C)C(C)(C)C[C@@H](O)C2C1(C)C.C[C-]1[C](=[W])[C](=[W])C2C(C)C(C)(C)C[C@@H](O)C2C1(C)C.[CH2-]I.[CH3-].[V].[V].[W].[W].[W].[W].[W].[W].[W].[W].[W].[W].[W].[W].[W].[W].[W].[W].[W].[W].[W].[W].[W].[W].[W].[W].[W].[W].[W].[W].[W].[W].[W].[W]. The Labute approximate surface area is 1000 Å². The van der Waals surface area contributed by atoms with Gasteiger partial charge in [-0.05, 0) is 0 Å². The fourth-order valence-electron chi connectivity index (χ4n) is 8.17. The van der Waals surface area contributed by atoms with Crippen molar-refractivity contribution in [2.24, 2.45) is 57.2 Å². The van der Waals surface area contributed by atoms with Crippen molar-refractivity contribution < 1.29 is 799 Å². The Morgan fingerprint density at radius 3 is 0.653 bits per heavy atom. The van der Waals surface area contributed by atoms with Gasteiger partial charge in [0.05, 0.1) is 0 Å². The average Bonchev–Trinajstić information content (AvgIpc) is 2.84. The Kier molecular flexibility index (Phi) is 333. The van der Waals surface area contributed by atoms with Crippen molar-refractivity contribution in [3.05, 3.63) is 24.2 Å². The van der Waals surface area contributed by atoms with Gasteiger partial charge in [-0.1, -0.05) is 0 Å². The Bertz CT molecular complexity index is 1000. The summed E-state index contributed by atoms with van der Waals surface area (Å²) in [7, 11) is 0. The van der Waals surface area contributed by atoms with Crippen LogP contribution in [0.5, 0.6) is 0 Å². The summed E-state index contributed by atoms with van der Waals surface area (Å²) in [5.74, 6) is 6.36. The van der Waals surface area contributed by atoms with Crippen molar-refractivity contribution in [2.45, 2.75) is 108 Å². The van der Waals surface area contributed by atoms with Crippen molar-refractivity contribution in [3.8, 4) is 0 Å². The van der Waals surface area contributed by atoms with Crippen molar-refractivity contribution in [1.29, 1.82) is 0 Å². The Morgan fingerprint density at radius 1 is 0.387 bits per heavy atom. The molecule has 2 radical (unpaired) electrons. The summed E-state index contributed by atoms with van der Waals surface area (Å²) in [5, 5.41) is 21.6. The fraction of sp³-hybridized carbons (Fsp3) is 0.765. The van der Waals surface area contributed by atoms with Crippen LogP contribution in [0.3, 0.4) is 0 Å². The van der Waals surface area contributed by atoms with Crippen molar-refractivity contribution in [1.82, 2.24) is 0 Å². The molecular formula is C34H55IO2V2W36-4. The molecule has 0 aromatic rings. The van der Waals surface area contributed by atoms with Crippen LogP contribution in [0.15, 0.2) is 0 Å². The van der Waals surface area contributed by atoms with E-state index in [1.54, 1.807) is 93.0 Å². The molecule has 41 heteroatoms. The van der Waals surface area contributed by atoms with Crippen LogP contribution in [0, 0.1) is 81.4 Å². The van der Waals surface area contributed by atoms with E-state index in [2.05, 4.69) is 88.0 Å². The zero-order valence-corrected chi connectivity index (χ0v) is 152. The van der Waals surface area contributed by atoms with Crippen LogP contribution in [0.2, 0.25) is 0 Å². The van der Waals surface area contributed by atoms with Crippen LogP contribution >= 0.6 is 22.6 Å². The van der Waals surface area contributed by atoms with Gasteiger partial charge in [0.15, 0.2) is 0 Å². The van der Waals surface area contributed by atoms with E-state index in [1.165, 1.54) is 11.8 Å². The summed E-state index contributed by atoms with van der Waals surface area (Å²) >= 11 is 8.34. The molecule has 8 atom stereocenters. The second-order valence-electron chi connectivity index (χ2n) is 15.3. The van der Waals surface area contributed by atoms with E-state index in [-0.39, 0.29) is 752 Å². The number of fused-ring (bicyclic) bond motifs is 2. The standard InChI is InChI=1S/2C16H25O.CH2I.CH3.2V.36W/c2*1-10-7-8-12-11(2)15(3,4)9-13(17)14(12)16(10,5)6;1-2;;;;;;;;;;;;;;;;;;;;;;;;;;;;;;;;;;;;;;;/h2*11-14,17H,9H2,1-6H3;1H2;1H3;;;;;;;;;;;;;;;;;;;;;;;;;;;;;;;;;;;;;;/q4*-1;;;;;;;;;;;;;;;;;;;;;;;;;;;;;;;;;;;;;;/t2*11?,12?,13-,14?;;;;;;;;;;;;;;;;;;;;;;;;;;;;;;;;;;;;;;;;/m11......................................../s1. The zero-order chi connectivity index (χ0) is 31.5.